The number of ether oxygens (including phenoxy) is 3. The van der Waals surface area contributed by atoms with Crippen LogP contribution in [-0.2, 0) is 37.4 Å². The average Bonchev–Trinajstić information content (AvgIpc) is 3.86. The van der Waals surface area contributed by atoms with E-state index in [4.69, 9.17) is 34.4 Å². The van der Waals surface area contributed by atoms with Gasteiger partial charge < -0.3 is 37.9 Å². The van der Waals surface area contributed by atoms with Gasteiger partial charge in [-0.15, -0.1) is 0 Å². The van der Waals surface area contributed by atoms with Gasteiger partial charge in [0, 0.05) is 25.6 Å². The molecule has 0 saturated carbocycles. The van der Waals surface area contributed by atoms with Crippen LogP contribution in [0.15, 0.2) is 64.8 Å². The number of aromatic nitrogens is 6. The third-order valence-electron chi connectivity index (χ3n) is 8.47. The van der Waals surface area contributed by atoms with E-state index in [2.05, 4.69) is 20.3 Å². The molecule has 1 amide bonds. The van der Waals surface area contributed by atoms with Gasteiger partial charge in [-0.1, -0.05) is 18.2 Å². The number of carbonyl (C=O) groups is 3. The molecule has 2 aliphatic rings. The summed E-state index contributed by atoms with van der Waals surface area (Å²) in [5.74, 6) is -1.68. The maximum atomic E-state index is 16.4. The maximum Gasteiger partial charge on any atom is 0.333 e. The van der Waals surface area contributed by atoms with Crippen LogP contribution in [0.25, 0.3) is 11.2 Å². The lowest BCUT2D eigenvalue weighted by Crippen LogP contribution is -2.37. The summed E-state index contributed by atoms with van der Waals surface area (Å²) in [6, 6.07) is 11.2. The first-order valence-corrected chi connectivity index (χ1v) is 18.1. The molecule has 4 aromatic rings. The number of Topliss-reactive ketones (excluding diaryl/α,β-unsaturated/α-hetero) is 1. The predicted octanol–water partition coefficient (Wildman–Crippen LogP) is 2.96. The van der Waals surface area contributed by atoms with Gasteiger partial charge in [0.2, 0.25) is 0 Å². The second-order valence-electron chi connectivity index (χ2n) is 12.4. The Balaban J connectivity index is 1.24. The Morgan fingerprint density at radius 3 is 2.55 bits per heavy atom. The zero-order valence-corrected chi connectivity index (χ0v) is 30.3. The minimum Gasteiger partial charge on any atom is -0.454 e. The monoisotopic (exact) mass is 801 g/mol. The molecule has 9 atom stereocenters. The second kappa shape index (κ2) is 18.1. The van der Waals surface area contributed by atoms with Gasteiger partial charge in [0.1, 0.15) is 24.3 Å². The van der Waals surface area contributed by atoms with Crippen molar-refractivity contribution in [1.82, 2.24) is 29.1 Å². The molecule has 22 heteroatoms. The number of benzene rings is 1. The number of esters is 1. The number of nitrogens with zero attached hydrogens (tertiary/aromatic N) is 6. The summed E-state index contributed by atoms with van der Waals surface area (Å²) in [6.07, 6.45) is -10.5. The number of imidazole rings is 1. The Morgan fingerprint density at radius 2 is 1.82 bits per heavy atom. The fraction of sp³-hybridized carbons (Fsp3) is 0.441. The number of nitrogens with one attached hydrogen (secondary N) is 2. The minimum absolute atomic E-state index is 0.0201. The highest BCUT2D eigenvalue weighted by Crippen LogP contribution is 2.48. The Morgan fingerprint density at radius 1 is 1.04 bits per heavy atom. The van der Waals surface area contributed by atoms with Gasteiger partial charge in [-0.2, -0.15) is 5.26 Å². The number of halogens is 2. The molecule has 2 saturated heterocycles. The molecule has 3 aromatic heterocycles. The van der Waals surface area contributed by atoms with Crippen molar-refractivity contribution >= 4 is 43.2 Å². The molecular formula is C34H35F2N8O11P. The normalized spacial score (nSPS) is 25.4. The van der Waals surface area contributed by atoms with Gasteiger partial charge in [0.25, 0.3) is 11.5 Å². The minimum atomic E-state index is -2.66. The van der Waals surface area contributed by atoms with Crippen molar-refractivity contribution in [3.8, 4) is 6.07 Å². The van der Waals surface area contributed by atoms with Crippen molar-refractivity contribution in [3.63, 3.8) is 0 Å². The topological polar surface area (TPSA) is 241 Å². The molecule has 0 spiro atoms. The van der Waals surface area contributed by atoms with Crippen LogP contribution in [0.1, 0.15) is 57.3 Å². The molecule has 5 heterocycles. The molecule has 1 aromatic carbocycles. The molecule has 6 rings (SSSR count). The van der Waals surface area contributed by atoms with E-state index in [-0.39, 0.29) is 48.6 Å². The highest BCUT2D eigenvalue weighted by Gasteiger charge is 2.51. The Hall–Kier alpha value is -5.36. The molecule has 56 heavy (non-hydrogen) atoms. The first kappa shape index (κ1) is 38.9. The van der Waals surface area contributed by atoms with Crippen molar-refractivity contribution in [2.45, 2.75) is 82.3 Å². The number of H-pyrrole nitrogens is 1. The third-order valence-corrected chi connectivity index (χ3v) is 9.63. The highest BCUT2D eigenvalue weighted by molar-refractivity contribution is 7.41. The van der Waals surface area contributed by atoms with Gasteiger partial charge in [-0.25, -0.2) is 28.5 Å². The maximum absolute atomic E-state index is 16.4. The van der Waals surface area contributed by atoms with E-state index in [1.807, 2.05) is 11.1 Å². The molecule has 0 aliphatic carbocycles. The number of carbonyl (C=O) groups excluding carboxylic acids is 3. The van der Waals surface area contributed by atoms with E-state index in [0.717, 1.165) is 23.2 Å². The van der Waals surface area contributed by atoms with Crippen molar-refractivity contribution in [2.24, 2.45) is 0 Å². The summed E-state index contributed by atoms with van der Waals surface area (Å²) >= 11 is 0. The molecule has 0 radical (unpaired) electrons. The number of nitriles is 1. The summed E-state index contributed by atoms with van der Waals surface area (Å²) in [4.78, 5) is 76.3. The zero-order valence-electron chi connectivity index (χ0n) is 30.4. The first-order valence-electron chi connectivity index (χ1n) is 17.7. The van der Waals surface area contributed by atoms with Crippen LogP contribution in [0, 0.1) is 11.3 Å². The van der Waals surface area contributed by atoms with Crippen LogP contribution < -0.4 is 16.6 Å². The van der Waals surface area contributed by atoms with Crippen LogP contribution in [0.5, 0.6) is 0 Å². The molecule has 2 aliphatic heterocycles. The van der Waals surface area contributed by atoms with E-state index in [1.165, 1.54) is 17.8 Å². The number of rotatable bonds is 16. The number of ketones is 1. The van der Waals surface area contributed by atoms with Gasteiger partial charge >= 0.3 is 20.3 Å². The van der Waals surface area contributed by atoms with Crippen LogP contribution in [0.3, 0.4) is 0 Å². The molecule has 19 nitrogen and oxygen atoms in total. The van der Waals surface area contributed by atoms with Crippen molar-refractivity contribution < 1.29 is 52.3 Å². The fourth-order valence-electron chi connectivity index (χ4n) is 5.73. The van der Waals surface area contributed by atoms with E-state index in [1.54, 1.807) is 30.3 Å². The zero-order chi connectivity index (χ0) is 40.6. The summed E-state index contributed by atoms with van der Waals surface area (Å²) in [7, 11) is -2.66. The lowest BCUT2D eigenvalue weighted by atomic mass is 10.1. The van der Waals surface area contributed by atoms with Crippen LogP contribution >= 0.6 is 8.60 Å². The van der Waals surface area contributed by atoms with Crippen LogP contribution in [0.2, 0.25) is 0 Å². The summed E-state index contributed by atoms with van der Waals surface area (Å²) in [6.45, 7) is -0.216. The van der Waals surface area contributed by atoms with E-state index in [9.17, 15) is 24.0 Å². The first-order chi connectivity index (χ1) is 27.5. The lowest BCUT2D eigenvalue weighted by Gasteiger charge is -2.26. The van der Waals surface area contributed by atoms with Gasteiger partial charge in [0.05, 0.1) is 44.6 Å². The summed E-state index contributed by atoms with van der Waals surface area (Å²) in [5, 5.41) is 11.8. The standard InChI is InChI=1S/C34H35F2N8O11P/c1-18(45)9-10-23(47)54-27-25(36)21(53-32(27)44-17-40-26-29(38-16-39-30(26)44)42-31(48)20-7-4-3-5-8-20)15-51-56(50-14-6-12-37)55-28-24(35)19(2)52-33(28)43-13-11-22(46)41-34(43)49/h3-5,7-8,11,13,16-17,19,21,24-25,27-28,32-33H,6,9-10,14-15H2,1-2H3,(H,41,46,49)(H,38,39,42,48)/t19-,21-,24+,25+,27?,28?,32-,33-,56?/m1/s1/i2D. The number of amides is 1. The lowest BCUT2D eigenvalue weighted by molar-refractivity contribution is -0.157. The summed E-state index contributed by atoms with van der Waals surface area (Å²) < 4.78 is 76.3. The number of fused-ring (bicyclic) bond motifs is 1. The number of alkyl halides is 2. The van der Waals surface area contributed by atoms with Crippen molar-refractivity contribution in [3.05, 3.63) is 81.7 Å². The number of aromatic amines is 1. The van der Waals surface area contributed by atoms with Gasteiger partial charge in [-0.3, -0.25) is 28.5 Å². The third kappa shape index (κ3) is 9.18. The number of hydrogen-bond acceptors (Lipinski definition) is 15. The fourth-order valence-corrected chi connectivity index (χ4v) is 6.85. The smallest absolute Gasteiger partial charge is 0.333 e. The highest BCUT2D eigenvalue weighted by atomic mass is 31.2. The van der Waals surface area contributed by atoms with E-state index >= 15 is 8.78 Å². The number of anilines is 1. The number of hydrogen-bond donors (Lipinski definition) is 2. The second-order valence-corrected chi connectivity index (χ2v) is 13.6. The molecule has 296 valence electrons. The molecule has 3 unspecified atom stereocenters. The van der Waals surface area contributed by atoms with Crippen LogP contribution in [-0.4, -0.2) is 96.7 Å². The summed E-state index contributed by atoms with van der Waals surface area (Å²) in [5.41, 5.74) is -1.19. The Labute approximate surface area is 318 Å². The Kier molecular flexibility index (Phi) is 12.5. The largest absolute Gasteiger partial charge is 0.454 e. The van der Waals surface area contributed by atoms with Crippen molar-refractivity contribution in [1.29, 1.82) is 5.26 Å². The van der Waals surface area contributed by atoms with Gasteiger partial charge in [0.15, 0.2) is 47.9 Å². The Bertz CT molecular complexity index is 2230. The average molecular weight is 802 g/mol. The van der Waals surface area contributed by atoms with E-state index < -0.39 is 94.4 Å². The van der Waals surface area contributed by atoms with E-state index in [0.29, 0.717) is 5.56 Å². The van der Waals surface area contributed by atoms with Crippen molar-refractivity contribution in [2.75, 3.05) is 18.5 Å². The van der Waals surface area contributed by atoms with Gasteiger partial charge in [-0.05, 0) is 26.0 Å². The predicted molar refractivity (Wildman–Crippen MR) is 188 cm³/mol. The molecule has 2 fully saturated rings. The molecule has 0 bridgehead atoms. The quantitative estimate of drug-likeness (QED) is 0.0941. The SMILES string of the molecule is [2H]C[C@H]1O[C@@H](n2ccc(=O)[nH]c2=O)C(OP(OCCC#N)OC[C@H]2O[C@@H](n3cnc4c(NC(=O)c5ccccc5)ncnc43)C(OC(=O)CCC(C)=O)[C@H]2F)[C@H]1F. The van der Waals surface area contributed by atoms with Crippen LogP contribution in [0.4, 0.5) is 14.6 Å². The molecular weight excluding hydrogens is 765 g/mol. The molecule has 2 N–H and O–H groups in total.